The minimum atomic E-state index is -0.471. The van der Waals surface area contributed by atoms with Gasteiger partial charge >= 0.3 is 6.09 Å². The van der Waals surface area contributed by atoms with E-state index in [1.165, 1.54) is 0 Å². The van der Waals surface area contributed by atoms with Crippen LogP contribution in [0.25, 0.3) is 0 Å². The van der Waals surface area contributed by atoms with E-state index >= 15 is 0 Å². The van der Waals surface area contributed by atoms with E-state index in [-0.39, 0.29) is 12.1 Å². The molecule has 1 amide bonds. The number of ether oxygens (including phenoxy) is 1. The second-order valence-electron chi connectivity index (χ2n) is 5.96. The standard InChI is InChI=1S/C13H22N4O2/c1-8-10-6-9(7-14-11(10)17(5)16-8)15-12(18)19-13(2,3)4/h9,14H,6-7H2,1-5H3,(H,15,18). The van der Waals surface area contributed by atoms with Crippen molar-refractivity contribution in [1.29, 1.82) is 0 Å². The maximum absolute atomic E-state index is 11.7. The molecule has 0 bridgehead atoms. The number of nitrogens with zero attached hydrogens (tertiary/aromatic N) is 2. The number of amides is 1. The Morgan fingerprint density at radius 1 is 1.53 bits per heavy atom. The highest BCUT2D eigenvalue weighted by Crippen LogP contribution is 2.24. The van der Waals surface area contributed by atoms with Crippen LogP contribution in [0.15, 0.2) is 0 Å². The Labute approximate surface area is 113 Å². The van der Waals surface area contributed by atoms with Crippen LogP contribution in [-0.4, -0.2) is 34.1 Å². The number of rotatable bonds is 1. The summed E-state index contributed by atoms with van der Waals surface area (Å²) in [7, 11) is 1.92. The topological polar surface area (TPSA) is 68.2 Å². The number of hydrogen-bond acceptors (Lipinski definition) is 4. The van der Waals surface area contributed by atoms with Crippen LogP contribution in [0.2, 0.25) is 0 Å². The molecule has 6 heteroatoms. The Bertz CT molecular complexity index is 488. The fourth-order valence-electron chi connectivity index (χ4n) is 2.28. The Morgan fingerprint density at radius 2 is 2.21 bits per heavy atom. The zero-order valence-electron chi connectivity index (χ0n) is 12.2. The minimum Gasteiger partial charge on any atom is -0.444 e. The number of carbonyl (C=O) groups excluding carboxylic acids is 1. The van der Waals surface area contributed by atoms with E-state index in [1.54, 1.807) is 0 Å². The van der Waals surface area contributed by atoms with Gasteiger partial charge in [0.2, 0.25) is 0 Å². The van der Waals surface area contributed by atoms with Crippen LogP contribution >= 0.6 is 0 Å². The molecule has 1 atom stereocenters. The second-order valence-corrected chi connectivity index (χ2v) is 5.96. The fraction of sp³-hybridized carbons (Fsp3) is 0.692. The van der Waals surface area contributed by atoms with Gasteiger partial charge in [-0.05, 0) is 34.1 Å². The lowest BCUT2D eigenvalue weighted by atomic mass is 10.0. The minimum absolute atomic E-state index is 0.0326. The summed E-state index contributed by atoms with van der Waals surface area (Å²) >= 11 is 0. The number of aromatic nitrogens is 2. The van der Waals surface area contributed by atoms with Crippen molar-refractivity contribution in [2.24, 2.45) is 7.05 Å². The number of alkyl carbamates (subject to hydrolysis) is 1. The molecule has 2 heterocycles. The maximum atomic E-state index is 11.7. The van der Waals surface area contributed by atoms with Gasteiger partial charge in [-0.3, -0.25) is 4.68 Å². The molecule has 2 N–H and O–H groups in total. The molecular formula is C13H22N4O2. The molecule has 6 nitrogen and oxygen atoms in total. The molecule has 1 aliphatic heterocycles. The maximum Gasteiger partial charge on any atom is 0.407 e. The summed E-state index contributed by atoms with van der Waals surface area (Å²) in [6.45, 7) is 8.24. The van der Waals surface area contributed by atoms with Crippen LogP contribution in [0.4, 0.5) is 10.6 Å². The van der Waals surface area contributed by atoms with Gasteiger partial charge in [0.15, 0.2) is 0 Å². The fourth-order valence-corrected chi connectivity index (χ4v) is 2.28. The summed E-state index contributed by atoms with van der Waals surface area (Å²) in [5.41, 5.74) is 1.69. The molecule has 1 aromatic heterocycles. The molecule has 1 aliphatic rings. The highest BCUT2D eigenvalue weighted by Gasteiger charge is 2.26. The Kier molecular flexibility index (Phi) is 3.43. The summed E-state index contributed by atoms with van der Waals surface area (Å²) < 4.78 is 7.11. The van der Waals surface area contributed by atoms with Gasteiger partial charge in [-0.1, -0.05) is 0 Å². The van der Waals surface area contributed by atoms with Crippen LogP contribution in [0.5, 0.6) is 0 Å². The average molecular weight is 266 g/mol. The summed E-state index contributed by atoms with van der Waals surface area (Å²) in [5, 5.41) is 10.6. The van der Waals surface area contributed by atoms with Gasteiger partial charge in [0.25, 0.3) is 0 Å². The van der Waals surface area contributed by atoms with E-state index in [2.05, 4.69) is 15.7 Å². The first-order valence-electron chi connectivity index (χ1n) is 6.52. The summed E-state index contributed by atoms with van der Waals surface area (Å²) in [6, 6.07) is 0.0326. The van der Waals surface area contributed by atoms with Crippen molar-refractivity contribution in [3.63, 3.8) is 0 Å². The lowest BCUT2D eigenvalue weighted by Crippen LogP contribution is -2.45. The Hall–Kier alpha value is -1.72. The molecule has 2 rings (SSSR count). The van der Waals surface area contributed by atoms with E-state index in [4.69, 9.17) is 4.74 Å². The lowest BCUT2D eigenvalue weighted by Gasteiger charge is -2.27. The predicted molar refractivity (Wildman–Crippen MR) is 73.3 cm³/mol. The summed E-state index contributed by atoms with van der Waals surface area (Å²) in [6.07, 6.45) is 0.408. The van der Waals surface area contributed by atoms with Crippen molar-refractivity contribution in [1.82, 2.24) is 15.1 Å². The third-order valence-electron chi connectivity index (χ3n) is 3.03. The van der Waals surface area contributed by atoms with Crippen molar-refractivity contribution in [2.45, 2.75) is 45.8 Å². The molecule has 0 spiro atoms. The first-order valence-corrected chi connectivity index (χ1v) is 6.52. The third kappa shape index (κ3) is 3.19. The van der Waals surface area contributed by atoms with Gasteiger partial charge in [0.1, 0.15) is 11.4 Å². The van der Waals surface area contributed by atoms with E-state index in [1.807, 2.05) is 39.4 Å². The quantitative estimate of drug-likeness (QED) is 0.810. The zero-order chi connectivity index (χ0) is 14.2. The van der Waals surface area contributed by atoms with Crippen LogP contribution < -0.4 is 10.6 Å². The van der Waals surface area contributed by atoms with Gasteiger partial charge in [-0.2, -0.15) is 5.10 Å². The van der Waals surface area contributed by atoms with Crippen LogP contribution in [0.1, 0.15) is 32.0 Å². The van der Waals surface area contributed by atoms with Crippen LogP contribution in [0.3, 0.4) is 0 Å². The molecule has 0 saturated carbocycles. The molecule has 106 valence electrons. The first-order chi connectivity index (χ1) is 8.76. The van der Waals surface area contributed by atoms with Crippen molar-refractivity contribution in [3.8, 4) is 0 Å². The van der Waals surface area contributed by atoms with Crippen molar-refractivity contribution in [3.05, 3.63) is 11.3 Å². The van der Waals surface area contributed by atoms with Crippen molar-refractivity contribution in [2.75, 3.05) is 11.9 Å². The summed E-state index contributed by atoms with van der Waals surface area (Å²) in [4.78, 5) is 11.7. The normalized spacial score (nSPS) is 18.5. The third-order valence-corrected chi connectivity index (χ3v) is 3.03. The molecule has 0 radical (unpaired) electrons. The number of anilines is 1. The number of nitrogens with one attached hydrogen (secondary N) is 2. The van der Waals surface area contributed by atoms with E-state index in [0.717, 1.165) is 23.5 Å². The highest BCUT2D eigenvalue weighted by atomic mass is 16.6. The molecule has 0 saturated heterocycles. The predicted octanol–water partition coefficient (Wildman–Crippen LogP) is 1.59. The molecule has 0 aromatic carbocycles. The first kappa shape index (κ1) is 13.7. The van der Waals surface area contributed by atoms with Crippen molar-refractivity contribution >= 4 is 11.9 Å². The number of aryl methyl sites for hydroxylation is 2. The summed E-state index contributed by atoms with van der Waals surface area (Å²) in [5.74, 6) is 1.04. The van der Waals surface area contributed by atoms with E-state index in [0.29, 0.717) is 6.54 Å². The van der Waals surface area contributed by atoms with Crippen LogP contribution in [0, 0.1) is 6.92 Å². The Morgan fingerprint density at radius 3 is 2.84 bits per heavy atom. The molecule has 0 fully saturated rings. The average Bonchev–Trinajstić information content (AvgIpc) is 2.51. The van der Waals surface area contributed by atoms with Crippen LogP contribution in [-0.2, 0) is 18.2 Å². The largest absolute Gasteiger partial charge is 0.444 e. The SMILES string of the molecule is Cc1nn(C)c2c1CC(NC(=O)OC(C)(C)C)CN2. The number of hydrogen-bond donors (Lipinski definition) is 2. The highest BCUT2D eigenvalue weighted by molar-refractivity contribution is 5.68. The van der Waals surface area contributed by atoms with Gasteiger partial charge < -0.3 is 15.4 Å². The van der Waals surface area contributed by atoms with E-state index < -0.39 is 5.60 Å². The molecule has 1 unspecified atom stereocenters. The monoisotopic (exact) mass is 266 g/mol. The zero-order valence-corrected chi connectivity index (χ0v) is 12.2. The second kappa shape index (κ2) is 4.75. The van der Waals surface area contributed by atoms with Gasteiger partial charge in [0.05, 0.1) is 11.7 Å². The van der Waals surface area contributed by atoms with Gasteiger partial charge in [-0.25, -0.2) is 4.79 Å². The molecule has 19 heavy (non-hydrogen) atoms. The molecule has 0 aliphatic carbocycles. The van der Waals surface area contributed by atoms with Crippen molar-refractivity contribution < 1.29 is 9.53 Å². The number of carbonyl (C=O) groups is 1. The number of fused-ring (bicyclic) bond motifs is 1. The van der Waals surface area contributed by atoms with Gasteiger partial charge in [0, 0.05) is 19.2 Å². The molecule has 1 aromatic rings. The van der Waals surface area contributed by atoms with Gasteiger partial charge in [-0.15, -0.1) is 0 Å². The van der Waals surface area contributed by atoms with E-state index in [9.17, 15) is 4.79 Å². The smallest absolute Gasteiger partial charge is 0.407 e. The Balaban J connectivity index is 1.99. The molecular weight excluding hydrogens is 244 g/mol. The lowest BCUT2D eigenvalue weighted by molar-refractivity contribution is 0.0506.